The Bertz CT molecular complexity index is 1090. The third-order valence-corrected chi connectivity index (χ3v) is 7.46. The Hall–Kier alpha value is -3.71. The van der Waals surface area contributed by atoms with Crippen LogP contribution in [0, 0.1) is 10.7 Å². The van der Waals surface area contributed by atoms with Gasteiger partial charge in [-0.2, -0.15) is 5.26 Å². The monoisotopic (exact) mass is 594 g/mol. The van der Waals surface area contributed by atoms with Crippen molar-refractivity contribution >= 4 is 41.6 Å². The number of benzene rings is 1. The zero-order valence-corrected chi connectivity index (χ0v) is 23.1. The molecule has 14 nitrogen and oxygen atoms in total. The van der Waals surface area contributed by atoms with Crippen molar-refractivity contribution in [3.63, 3.8) is 0 Å². The van der Waals surface area contributed by atoms with Crippen LogP contribution in [0.25, 0.3) is 0 Å². The van der Waals surface area contributed by atoms with Gasteiger partial charge in [-0.1, -0.05) is 18.6 Å². The molecule has 224 valence electrons. The molecule has 41 heavy (non-hydrogen) atoms. The van der Waals surface area contributed by atoms with Crippen LogP contribution in [0.15, 0.2) is 29.2 Å². The lowest BCUT2D eigenvalue weighted by Gasteiger charge is -2.42. The Balaban J connectivity index is 2.39. The molecule has 5 N–H and O–H groups in total. The maximum atomic E-state index is 11.9. The van der Waals surface area contributed by atoms with Crippen molar-refractivity contribution in [2.24, 2.45) is 0 Å². The van der Waals surface area contributed by atoms with E-state index in [0.717, 1.165) is 17.3 Å². The lowest BCUT2D eigenvalue weighted by molar-refractivity contribution is -0.146. The number of carbonyl (C=O) groups is 5. The predicted molar refractivity (Wildman–Crippen MR) is 144 cm³/mol. The lowest BCUT2D eigenvalue weighted by Crippen LogP contribution is -2.54. The predicted octanol–water partition coefficient (Wildman–Crippen LogP) is 0.811. The molecule has 1 saturated carbocycles. The van der Waals surface area contributed by atoms with Gasteiger partial charge in [0.2, 0.25) is 0 Å². The van der Waals surface area contributed by atoms with Crippen molar-refractivity contribution in [3.8, 4) is 5.40 Å². The highest BCUT2D eigenvalue weighted by Gasteiger charge is 2.35. The topological polar surface area (TPSA) is 220 Å². The third-order valence-electron chi connectivity index (χ3n) is 6.86. The molecule has 0 bridgehead atoms. The van der Waals surface area contributed by atoms with Gasteiger partial charge in [-0.25, -0.2) is 0 Å². The molecule has 2 rings (SSSR count). The minimum Gasteiger partial charge on any atom is -0.480 e. The first-order valence-corrected chi connectivity index (χ1v) is 13.7. The van der Waals surface area contributed by atoms with E-state index in [2.05, 4.69) is 0 Å². The van der Waals surface area contributed by atoms with E-state index in [9.17, 15) is 49.5 Å². The van der Waals surface area contributed by atoms with Gasteiger partial charge < -0.3 is 25.5 Å². The van der Waals surface area contributed by atoms with Gasteiger partial charge in [0.15, 0.2) is 0 Å². The van der Waals surface area contributed by atoms with Gasteiger partial charge in [-0.15, -0.1) is 0 Å². The maximum absolute atomic E-state index is 11.9. The zero-order valence-electron chi connectivity index (χ0n) is 22.3. The molecular weight excluding hydrogens is 560 g/mol. The van der Waals surface area contributed by atoms with Gasteiger partial charge in [0, 0.05) is 29.6 Å². The minimum atomic E-state index is -1.25. The summed E-state index contributed by atoms with van der Waals surface area (Å²) in [7, 11) is 0. The van der Waals surface area contributed by atoms with Gasteiger partial charge in [-0.05, 0) is 55.1 Å². The SMILES string of the molecule is N#CSc1ccc(C[C@H](CN(CC(=O)O)[C@@H]2CCC[C@@H](N(CC(=O)O)CC(=O)O)C2)N(CC(=O)O)CC(=O)O)cc1. The molecule has 0 aromatic heterocycles. The van der Waals surface area contributed by atoms with Crippen molar-refractivity contribution in [2.75, 3.05) is 39.3 Å². The summed E-state index contributed by atoms with van der Waals surface area (Å²) in [4.78, 5) is 62.9. The number of rotatable bonds is 18. The molecule has 0 spiro atoms. The quantitative estimate of drug-likeness (QED) is 0.117. The normalized spacial score (nSPS) is 17.7. The molecule has 3 atom stereocenters. The number of nitriles is 1. The first kappa shape index (κ1) is 33.5. The van der Waals surface area contributed by atoms with E-state index in [1.54, 1.807) is 29.2 Å². The first-order valence-electron chi connectivity index (χ1n) is 12.8. The molecule has 1 aliphatic carbocycles. The number of hydrogen-bond donors (Lipinski definition) is 5. The molecule has 0 aliphatic heterocycles. The fourth-order valence-electron chi connectivity index (χ4n) is 5.24. The number of hydrogen-bond acceptors (Lipinski definition) is 10. The maximum Gasteiger partial charge on any atom is 0.317 e. The summed E-state index contributed by atoms with van der Waals surface area (Å²) in [5.41, 5.74) is 0.726. The van der Waals surface area contributed by atoms with Crippen LogP contribution in [-0.2, 0) is 30.4 Å². The van der Waals surface area contributed by atoms with Gasteiger partial charge in [-0.3, -0.25) is 38.7 Å². The Morgan fingerprint density at radius 3 is 1.71 bits per heavy atom. The Morgan fingerprint density at radius 2 is 1.24 bits per heavy atom. The van der Waals surface area contributed by atoms with E-state index in [-0.39, 0.29) is 13.0 Å². The molecular formula is C26H34N4O10S. The van der Waals surface area contributed by atoms with E-state index in [0.29, 0.717) is 30.6 Å². The molecule has 0 amide bonds. The van der Waals surface area contributed by atoms with Crippen LogP contribution in [-0.4, -0.2) is 127 Å². The summed E-state index contributed by atoms with van der Waals surface area (Å²) in [5.74, 6) is -6.03. The summed E-state index contributed by atoms with van der Waals surface area (Å²) in [6.45, 7) is -2.61. The van der Waals surface area contributed by atoms with Crippen molar-refractivity contribution in [1.82, 2.24) is 14.7 Å². The third kappa shape index (κ3) is 12.1. The Morgan fingerprint density at radius 1 is 0.780 bits per heavy atom. The second-order valence-corrected chi connectivity index (χ2v) is 10.7. The van der Waals surface area contributed by atoms with Gasteiger partial charge in [0.05, 0.1) is 32.7 Å². The van der Waals surface area contributed by atoms with Crippen LogP contribution >= 0.6 is 11.8 Å². The summed E-state index contributed by atoms with van der Waals surface area (Å²) in [6, 6.07) is 5.32. The van der Waals surface area contributed by atoms with Crippen molar-refractivity contribution in [2.45, 2.75) is 55.1 Å². The summed E-state index contributed by atoms with van der Waals surface area (Å²) < 4.78 is 0. The zero-order chi connectivity index (χ0) is 30.5. The molecule has 0 heterocycles. The summed E-state index contributed by atoms with van der Waals surface area (Å²) >= 11 is 0.961. The molecule has 0 radical (unpaired) electrons. The molecule has 1 aromatic rings. The molecule has 1 fully saturated rings. The van der Waals surface area contributed by atoms with Gasteiger partial charge in [0.25, 0.3) is 0 Å². The number of nitrogens with zero attached hydrogens (tertiary/aromatic N) is 4. The van der Waals surface area contributed by atoms with E-state index in [1.165, 1.54) is 9.80 Å². The van der Waals surface area contributed by atoms with E-state index >= 15 is 0 Å². The van der Waals surface area contributed by atoms with Crippen LogP contribution in [0.5, 0.6) is 0 Å². The van der Waals surface area contributed by atoms with Crippen molar-refractivity contribution in [1.29, 1.82) is 5.26 Å². The highest BCUT2D eigenvalue weighted by atomic mass is 32.2. The standard InChI is InChI=1S/C26H34N4O10S/c27-16-41-21-6-4-17(5-7-21)8-20(30(14-25(37)38)15-26(39)40)10-28(11-22(31)32)18-2-1-3-19(9-18)29(12-23(33)34)13-24(35)36/h4-7,18-20H,1-3,8-15H2,(H,31,32)(H,33,34)(H,35,36)(H,37,38)(H,39,40)/t18-,19-,20-/m1/s1. The number of thioether (sulfide) groups is 1. The number of carboxylic acids is 5. The summed E-state index contributed by atoms with van der Waals surface area (Å²) in [5, 5.41) is 58.1. The van der Waals surface area contributed by atoms with Gasteiger partial charge in [0.1, 0.15) is 5.40 Å². The van der Waals surface area contributed by atoms with Crippen LogP contribution in [0.3, 0.4) is 0 Å². The first-order chi connectivity index (χ1) is 19.4. The van der Waals surface area contributed by atoms with Crippen LogP contribution < -0.4 is 0 Å². The minimum absolute atomic E-state index is 0.00317. The second-order valence-electron chi connectivity index (χ2n) is 9.88. The van der Waals surface area contributed by atoms with Crippen LogP contribution in [0.2, 0.25) is 0 Å². The van der Waals surface area contributed by atoms with E-state index in [1.807, 2.05) is 5.40 Å². The van der Waals surface area contributed by atoms with Crippen LogP contribution in [0.4, 0.5) is 0 Å². The largest absolute Gasteiger partial charge is 0.480 e. The average molecular weight is 595 g/mol. The highest BCUT2D eigenvalue weighted by Crippen LogP contribution is 2.28. The fraction of sp³-hybridized carbons (Fsp3) is 0.538. The molecule has 1 aromatic carbocycles. The lowest BCUT2D eigenvalue weighted by atomic mass is 9.88. The molecule has 0 unspecified atom stereocenters. The number of aliphatic carboxylic acids is 5. The number of carboxylic acid groups (broad SMARTS) is 5. The van der Waals surface area contributed by atoms with Crippen molar-refractivity contribution < 1.29 is 49.5 Å². The van der Waals surface area contributed by atoms with Gasteiger partial charge >= 0.3 is 29.8 Å². The molecule has 0 saturated heterocycles. The summed E-state index contributed by atoms with van der Waals surface area (Å²) in [6.07, 6.45) is 2.13. The molecule has 1 aliphatic rings. The van der Waals surface area contributed by atoms with Crippen molar-refractivity contribution in [3.05, 3.63) is 29.8 Å². The number of thiocyanates is 1. The van der Waals surface area contributed by atoms with E-state index < -0.39 is 80.7 Å². The fourth-order valence-corrected chi connectivity index (χ4v) is 5.62. The Labute approximate surface area is 240 Å². The second kappa shape index (κ2) is 16.5. The average Bonchev–Trinajstić information content (AvgIpc) is 2.87. The molecule has 15 heteroatoms. The Kier molecular flexibility index (Phi) is 13.5. The highest BCUT2D eigenvalue weighted by molar-refractivity contribution is 8.03. The van der Waals surface area contributed by atoms with Crippen LogP contribution in [0.1, 0.15) is 31.2 Å². The van der Waals surface area contributed by atoms with E-state index in [4.69, 9.17) is 5.26 Å². The smallest absolute Gasteiger partial charge is 0.317 e.